The van der Waals surface area contributed by atoms with Gasteiger partial charge in [-0.3, -0.25) is 4.79 Å². The number of aryl methyl sites for hydroxylation is 1. The molecular weight excluding hydrogens is 380 g/mol. The fourth-order valence-electron chi connectivity index (χ4n) is 4.34. The van der Waals surface area contributed by atoms with E-state index in [1.165, 1.54) is 21.9 Å². The van der Waals surface area contributed by atoms with Gasteiger partial charge in [-0.2, -0.15) is 0 Å². The highest BCUT2D eigenvalue weighted by atomic mass is 35.5. The number of fused-ring (bicyclic) bond motifs is 4. The third kappa shape index (κ3) is 2.70. The van der Waals surface area contributed by atoms with Gasteiger partial charge in [-0.25, -0.2) is 0 Å². The van der Waals surface area contributed by atoms with Crippen LogP contribution < -0.4 is 5.73 Å². The number of nitrogens with two attached hydrogens (primary N) is 1. The number of carbonyl (C=O) groups excluding carboxylic acids is 1. The molecule has 1 aromatic heterocycles. The average Bonchev–Trinajstić information content (AvgIpc) is 3.05. The van der Waals surface area contributed by atoms with Crippen LogP contribution in [0.3, 0.4) is 0 Å². The highest BCUT2D eigenvalue weighted by molar-refractivity contribution is 6.37. The summed E-state index contributed by atoms with van der Waals surface area (Å²) in [5, 5.41) is 4.89. The van der Waals surface area contributed by atoms with Gasteiger partial charge in [0.25, 0.3) is 0 Å². The molecule has 4 aromatic carbocycles. The quantitative estimate of drug-likeness (QED) is 0.394. The normalized spacial score (nSPS) is 11.5. The number of para-hydroxylation sites is 1. The van der Waals surface area contributed by atoms with Crippen LogP contribution in [0.15, 0.2) is 72.8 Å². The van der Waals surface area contributed by atoms with Crippen LogP contribution in [0.5, 0.6) is 0 Å². The molecule has 142 valence electrons. The first-order chi connectivity index (χ1) is 14.1. The summed E-state index contributed by atoms with van der Waals surface area (Å²) in [6.45, 7) is 2.78. The predicted molar refractivity (Wildman–Crippen MR) is 121 cm³/mol. The average molecular weight is 399 g/mol. The molecule has 0 aliphatic rings. The maximum absolute atomic E-state index is 12.1. The minimum absolute atomic E-state index is 0.434. The second-order valence-electron chi connectivity index (χ2n) is 7.37. The number of nitrogens with zero attached hydrogens (tertiary/aromatic N) is 1. The first kappa shape index (κ1) is 17.8. The summed E-state index contributed by atoms with van der Waals surface area (Å²) in [4.78, 5) is 12.1. The van der Waals surface area contributed by atoms with E-state index in [2.05, 4.69) is 47.9 Å². The molecule has 3 nitrogen and oxygen atoms in total. The number of primary amides is 1. The van der Waals surface area contributed by atoms with Crippen molar-refractivity contribution in [3.05, 3.63) is 94.5 Å². The summed E-state index contributed by atoms with van der Waals surface area (Å²) in [7, 11) is 0. The summed E-state index contributed by atoms with van der Waals surface area (Å²) in [5.74, 6) is -0.434. The van der Waals surface area contributed by atoms with E-state index in [0.29, 0.717) is 17.1 Å². The van der Waals surface area contributed by atoms with E-state index in [1.807, 2.05) is 30.3 Å². The van der Waals surface area contributed by atoms with Gasteiger partial charge in [0.2, 0.25) is 5.91 Å². The number of halogens is 1. The van der Waals surface area contributed by atoms with Gasteiger partial charge in [0.15, 0.2) is 0 Å². The molecule has 0 spiro atoms. The second kappa shape index (κ2) is 6.64. The molecule has 0 fully saturated rings. The fourth-order valence-corrected chi connectivity index (χ4v) is 4.62. The van der Waals surface area contributed by atoms with Gasteiger partial charge in [-0.05, 0) is 47.0 Å². The smallest absolute Gasteiger partial charge is 0.249 e. The number of hydrogen-bond donors (Lipinski definition) is 1. The monoisotopic (exact) mass is 398 g/mol. The predicted octanol–water partition coefficient (Wildman–Crippen LogP) is 6.06. The van der Waals surface area contributed by atoms with Gasteiger partial charge in [0, 0.05) is 22.9 Å². The van der Waals surface area contributed by atoms with Gasteiger partial charge in [-0.15, -0.1) is 0 Å². The van der Waals surface area contributed by atoms with Crippen LogP contribution in [0.1, 0.15) is 21.5 Å². The van der Waals surface area contributed by atoms with Crippen molar-refractivity contribution in [3.8, 4) is 0 Å². The number of benzene rings is 4. The largest absolute Gasteiger partial charge is 0.366 e. The third-order valence-corrected chi connectivity index (χ3v) is 6.02. The molecule has 0 saturated heterocycles. The lowest BCUT2D eigenvalue weighted by atomic mass is 9.99. The van der Waals surface area contributed by atoms with E-state index < -0.39 is 5.91 Å². The van der Waals surface area contributed by atoms with Crippen LogP contribution in [0.25, 0.3) is 32.6 Å². The molecule has 1 amide bonds. The maximum Gasteiger partial charge on any atom is 0.249 e. The van der Waals surface area contributed by atoms with Crippen LogP contribution in [0.2, 0.25) is 5.02 Å². The van der Waals surface area contributed by atoms with Crippen LogP contribution in [0, 0.1) is 6.92 Å². The molecule has 1 heterocycles. The van der Waals surface area contributed by atoms with Gasteiger partial charge in [-0.1, -0.05) is 66.2 Å². The number of hydrogen-bond acceptors (Lipinski definition) is 1. The van der Waals surface area contributed by atoms with Crippen molar-refractivity contribution in [2.24, 2.45) is 5.73 Å². The van der Waals surface area contributed by atoms with Crippen molar-refractivity contribution in [1.82, 2.24) is 4.57 Å². The number of amides is 1. The minimum Gasteiger partial charge on any atom is -0.366 e. The Morgan fingerprint density at radius 1 is 0.931 bits per heavy atom. The summed E-state index contributed by atoms with van der Waals surface area (Å²) < 4.78 is 2.20. The van der Waals surface area contributed by atoms with E-state index in [4.69, 9.17) is 17.3 Å². The Balaban J connectivity index is 1.88. The lowest BCUT2D eigenvalue weighted by Gasteiger charge is -2.14. The summed E-state index contributed by atoms with van der Waals surface area (Å²) in [5.41, 5.74) is 10.5. The molecule has 0 aliphatic carbocycles. The Labute approximate surface area is 173 Å². The van der Waals surface area contributed by atoms with Crippen molar-refractivity contribution in [1.29, 1.82) is 0 Å². The zero-order valence-electron chi connectivity index (χ0n) is 15.9. The maximum atomic E-state index is 12.1. The molecule has 0 atom stereocenters. The van der Waals surface area contributed by atoms with Crippen LogP contribution in [-0.2, 0) is 6.54 Å². The SMILES string of the molecule is Cc1ccc2ccccc2c1Cn1c2cccc(C(N)=O)c2c2cccc(Cl)c21. The minimum atomic E-state index is -0.434. The van der Waals surface area contributed by atoms with Crippen LogP contribution in [-0.4, -0.2) is 10.5 Å². The molecule has 29 heavy (non-hydrogen) atoms. The van der Waals surface area contributed by atoms with Gasteiger partial charge < -0.3 is 10.3 Å². The molecule has 0 aliphatic heterocycles. The highest BCUT2D eigenvalue weighted by Gasteiger charge is 2.19. The summed E-state index contributed by atoms with van der Waals surface area (Å²) in [6, 6.07) is 24.2. The van der Waals surface area contributed by atoms with Crippen LogP contribution in [0.4, 0.5) is 0 Å². The molecule has 0 saturated carbocycles. The Bertz CT molecular complexity index is 1430. The van der Waals surface area contributed by atoms with Gasteiger partial charge >= 0.3 is 0 Å². The summed E-state index contributed by atoms with van der Waals surface area (Å²) in [6.07, 6.45) is 0. The molecule has 0 unspecified atom stereocenters. The van der Waals surface area contributed by atoms with Crippen molar-refractivity contribution in [2.75, 3.05) is 0 Å². The van der Waals surface area contributed by atoms with Gasteiger partial charge in [0.1, 0.15) is 0 Å². The first-order valence-corrected chi connectivity index (χ1v) is 9.90. The summed E-state index contributed by atoms with van der Waals surface area (Å²) >= 11 is 6.65. The van der Waals surface area contributed by atoms with E-state index in [9.17, 15) is 4.79 Å². The fraction of sp³-hybridized carbons (Fsp3) is 0.0800. The molecule has 0 radical (unpaired) electrons. The molecule has 5 rings (SSSR count). The lowest BCUT2D eigenvalue weighted by Crippen LogP contribution is -2.11. The van der Waals surface area contributed by atoms with E-state index >= 15 is 0 Å². The Kier molecular flexibility index (Phi) is 4.07. The van der Waals surface area contributed by atoms with E-state index in [1.54, 1.807) is 6.07 Å². The van der Waals surface area contributed by atoms with Crippen LogP contribution >= 0.6 is 11.6 Å². The third-order valence-electron chi connectivity index (χ3n) is 5.72. The zero-order chi connectivity index (χ0) is 20.1. The van der Waals surface area contributed by atoms with Crippen molar-refractivity contribution < 1.29 is 4.79 Å². The van der Waals surface area contributed by atoms with E-state index in [0.717, 1.165) is 21.8 Å². The standard InChI is InChI=1S/C25H19ClN2O/c1-15-12-13-16-6-2-3-7-17(16)20(15)14-28-22-11-5-9-19(25(27)29)23(22)18-8-4-10-21(26)24(18)28/h2-13H,14H2,1H3,(H2,27,29). The molecule has 0 bridgehead atoms. The molecule has 5 aromatic rings. The lowest BCUT2D eigenvalue weighted by molar-refractivity contribution is 0.100. The number of carbonyl (C=O) groups is 1. The Hall–Kier alpha value is -3.30. The number of rotatable bonds is 3. The first-order valence-electron chi connectivity index (χ1n) is 9.52. The van der Waals surface area contributed by atoms with E-state index in [-0.39, 0.29) is 0 Å². The molecule has 4 heteroatoms. The second-order valence-corrected chi connectivity index (χ2v) is 7.78. The van der Waals surface area contributed by atoms with Crippen molar-refractivity contribution in [3.63, 3.8) is 0 Å². The van der Waals surface area contributed by atoms with Crippen molar-refractivity contribution in [2.45, 2.75) is 13.5 Å². The topological polar surface area (TPSA) is 48.0 Å². The molecular formula is C25H19ClN2O. The van der Waals surface area contributed by atoms with Crippen molar-refractivity contribution >= 4 is 50.1 Å². The highest BCUT2D eigenvalue weighted by Crippen LogP contribution is 2.37. The zero-order valence-corrected chi connectivity index (χ0v) is 16.7. The Morgan fingerprint density at radius 2 is 1.69 bits per heavy atom. The Morgan fingerprint density at radius 3 is 2.52 bits per heavy atom. The molecule has 2 N–H and O–H groups in total. The number of aromatic nitrogens is 1. The van der Waals surface area contributed by atoms with Gasteiger partial charge in [0.05, 0.1) is 16.1 Å².